The topological polar surface area (TPSA) is 93.2 Å². The maximum atomic E-state index is 10.8. The molecule has 0 amide bonds. The summed E-state index contributed by atoms with van der Waals surface area (Å²) in [6.45, 7) is 2.25. The number of anilines is 2. The molecular weight excluding hydrogens is 248 g/mol. The van der Waals surface area contributed by atoms with Gasteiger partial charge in [0.2, 0.25) is 0 Å². The Labute approximate surface area is 109 Å². The van der Waals surface area contributed by atoms with Crippen LogP contribution < -0.4 is 10.6 Å². The number of non-ortho nitro benzene ring substituents is 1. The number of aromatic nitrogens is 1. The maximum Gasteiger partial charge on any atom is 0.273 e. The van der Waals surface area contributed by atoms with Gasteiger partial charge in [0.1, 0.15) is 11.5 Å². The molecule has 7 nitrogen and oxygen atoms in total. The fourth-order valence-electron chi connectivity index (χ4n) is 1.66. The van der Waals surface area contributed by atoms with Gasteiger partial charge in [0.05, 0.1) is 11.5 Å². The van der Waals surface area contributed by atoms with Crippen molar-refractivity contribution in [2.45, 2.75) is 13.5 Å². The second-order valence-electron chi connectivity index (χ2n) is 4.06. The Morgan fingerprint density at radius 3 is 2.63 bits per heavy atom. The van der Waals surface area contributed by atoms with Crippen LogP contribution in [0.3, 0.4) is 0 Å². The number of hydrogen-bond acceptors (Lipinski definition) is 6. The summed E-state index contributed by atoms with van der Waals surface area (Å²) >= 11 is 0. The Hall–Kier alpha value is -2.57. The van der Waals surface area contributed by atoms with E-state index < -0.39 is 4.92 Å². The summed E-state index contributed by atoms with van der Waals surface area (Å²) in [4.78, 5) is 10.4. The number of nitrogens with zero attached hydrogens (tertiary/aromatic N) is 2. The van der Waals surface area contributed by atoms with Crippen LogP contribution in [-0.2, 0) is 6.54 Å². The Balaban J connectivity index is 2.15. The Kier molecular flexibility index (Phi) is 3.65. The molecule has 7 heteroatoms. The van der Waals surface area contributed by atoms with Gasteiger partial charge in [0, 0.05) is 36.6 Å². The van der Waals surface area contributed by atoms with E-state index in [1.807, 2.05) is 13.0 Å². The van der Waals surface area contributed by atoms with Crippen LogP contribution in [0.4, 0.5) is 17.1 Å². The van der Waals surface area contributed by atoms with Gasteiger partial charge in [-0.2, -0.15) is 0 Å². The molecule has 1 heterocycles. The molecule has 0 aliphatic rings. The van der Waals surface area contributed by atoms with Crippen LogP contribution in [0, 0.1) is 17.0 Å². The normalized spacial score (nSPS) is 10.2. The molecule has 0 aliphatic carbocycles. The Bertz CT molecular complexity index is 594. The van der Waals surface area contributed by atoms with Crippen molar-refractivity contribution in [2.24, 2.45) is 0 Å². The number of nitro benzene ring substituents is 1. The van der Waals surface area contributed by atoms with Gasteiger partial charge in [0.15, 0.2) is 0 Å². The molecule has 1 aromatic carbocycles. The molecule has 0 atom stereocenters. The van der Waals surface area contributed by atoms with Crippen LogP contribution in [0.5, 0.6) is 0 Å². The van der Waals surface area contributed by atoms with Gasteiger partial charge in [-0.25, -0.2) is 0 Å². The number of aryl methyl sites for hydroxylation is 1. The molecule has 0 fully saturated rings. The van der Waals surface area contributed by atoms with Gasteiger partial charge in [-0.15, -0.1) is 0 Å². The molecule has 0 bridgehead atoms. The summed E-state index contributed by atoms with van der Waals surface area (Å²) < 4.78 is 4.95. The summed E-state index contributed by atoms with van der Waals surface area (Å²) in [7, 11) is 1.71. The first kappa shape index (κ1) is 12.9. The smallest absolute Gasteiger partial charge is 0.273 e. The monoisotopic (exact) mass is 262 g/mol. The lowest BCUT2D eigenvalue weighted by molar-refractivity contribution is -0.384. The Morgan fingerprint density at radius 1 is 1.32 bits per heavy atom. The zero-order chi connectivity index (χ0) is 13.8. The average Bonchev–Trinajstić information content (AvgIpc) is 2.81. The third-order valence-corrected chi connectivity index (χ3v) is 2.57. The number of hydrogen-bond donors (Lipinski definition) is 2. The molecule has 2 N–H and O–H groups in total. The minimum absolute atomic E-state index is 0.0330. The molecule has 19 heavy (non-hydrogen) atoms. The fraction of sp³-hybridized carbons (Fsp3) is 0.250. The number of rotatable bonds is 5. The van der Waals surface area contributed by atoms with Crippen molar-refractivity contribution < 1.29 is 9.45 Å². The van der Waals surface area contributed by atoms with Gasteiger partial charge < -0.3 is 15.2 Å². The molecule has 0 saturated heterocycles. The highest BCUT2D eigenvalue weighted by molar-refractivity contribution is 5.63. The van der Waals surface area contributed by atoms with E-state index in [-0.39, 0.29) is 5.69 Å². The van der Waals surface area contributed by atoms with E-state index in [9.17, 15) is 10.1 Å². The molecular formula is C12H14N4O3. The van der Waals surface area contributed by atoms with Crippen LogP contribution in [0.25, 0.3) is 0 Å². The molecule has 0 aliphatic heterocycles. The van der Waals surface area contributed by atoms with E-state index in [0.29, 0.717) is 17.9 Å². The lowest BCUT2D eigenvalue weighted by Gasteiger charge is -2.07. The first-order valence-corrected chi connectivity index (χ1v) is 5.72. The molecule has 100 valence electrons. The van der Waals surface area contributed by atoms with Crippen molar-refractivity contribution in [2.75, 3.05) is 17.7 Å². The third kappa shape index (κ3) is 3.21. The second kappa shape index (κ2) is 5.38. The molecule has 2 aromatic rings. The quantitative estimate of drug-likeness (QED) is 0.635. The average molecular weight is 262 g/mol. The van der Waals surface area contributed by atoms with Gasteiger partial charge in [-0.1, -0.05) is 5.16 Å². The second-order valence-corrected chi connectivity index (χ2v) is 4.06. The number of benzene rings is 1. The highest BCUT2D eigenvalue weighted by Crippen LogP contribution is 2.24. The molecule has 0 spiro atoms. The molecule has 0 unspecified atom stereocenters. The van der Waals surface area contributed by atoms with Crippen LogP contribution in [0.1, 0.15) is 11.5 Å². The largest absolute Gasteiger partial charge is 0.388 e. The minimum Gasteiger partial charge on any atom is -0.388 e. The highest BCUT2D eigenvalue weighted by Gasteiger charge is 2.09. The van der Waals surface area contributed by atoms with Crippen LogP contribution >= 0.6 is 0 Å². The standard InChI is InChI=1S/C12H14N4O3/c1-8-3-11(15-19-8)7-14-10-4-9(13-2)5-12(6-10)16(17)18/h3-6,13-14H,7H2,1-2H3. The lowest BCUT2D eigenvalue weighted by Crippen LogP contribution is -2.01. The number of nitrogens with one attached hydrogen (secondary N) is 2. The van der Waals surface area contributed by atoms with Crippen molar-refractivity contribution >= 4 is 17.1 Å². The van der Waals surface area contributed by atoms with Crippen molar-refractivity contribution in [3.8, 4) is 0 Å². The predicted molar refractivity (Wildman–Crippen MR) is 71.2 cm³/mol. The van der Waals surface area contributed by atoms with E-state index in [2.05, 4.69) is 15.8 Å². The zero-order valence-corrected chi connectivity index (χ0v) is 10.6. The van der Waals surface area contributed by atoms with E-state index >= 15 is 0 Å². The third-order valence-electron chi connectivity index (χ3n) is 2.57. The summed E-state index contributed by atoms with van der Waals surface area (Å²) in [5, 5.41) is 20.6. The molecule has 1 aromatic heterocycles. The van der Waals surface area contributed by atoms with E-state index in [1.165, 1.54) is 12.1 Å². The lowest BCUT2D eigenvalue weighted by atomic mass is 10.2. The van der Waals surface area contributed by atoms with Crippen molar-refractivity contribution in [1.29, 1.82) is 0 Å². The maximum absolute atomic E-state index is 10.8. The summed E-state index contributed by atoms with van der Waals surface area (Å²) in [5.74, 6) is 0.728. The number of nitro groups is 1. The van der Waals surface area contributed by atoms with Crippen molar-refractivity contribution in [1.82, 2.24) is 5.16 Å². The highest BCUT2D eigenvalue weighted by atomic mass is 16.6. The summed E-state index contributed by atoms with van der Waals surface area (Å²) in [5.41, 5.74) is 2.10. The minimum atomic E-state index is -0.424. The van der Waals surface area contributed by atoms with Crippen LogP contribution in [-0.4, -0.2) is 17.1 Å². The zero-order valence-electron chi connectivity index (χ0n) is 10.6. The van der Waals surface area contributed by atoms with E-state index in [1.54, 1.807) is 13.1 Å². The molecule has 0 radical (unpaired) electrons. The predicted octanol–water partition coefficient (Wildman–Crippen LogP) is 2.55. The van der Waals surface area contributed by atoms with Crippen molar-refractivity contribution in [3.05, 3.63) is 45.8 Å². The fourth-order valence-corrected chi connectivity index (χ4v) is 1.66. The van der Waals surface area contributed by atoms with E-state index in [4.69, 9.17) is 4.52 Å². The van der Waals surface area contributed by atoms with Crippen molar-refractivity contribution in [3.63, 3.8) is 0 Å². The van der Waals surface area contributed by atoms with Gasteiger partial charge >= 0.3 is 0 Å². The first-order valence-electron chi connectivity index (χ1n) is 5.72. The Morgan fingerprint density at radius 2 is 2.05 bits per heavy atom. The summed E-state index contributed by atoms with van der Waals surface area (Å²) in [6.07, 6.45) is 0. The first-order chi connectivity index (χ1) is 9.08. The van der Waals surface area contributed by atoms with Crippen LogP contribution in [0.15, 0.2) is 28.8 Å². The van der Waals surface area contributed by atoms with Gasteiger partial charge in [-0.05, 0) is 13.0 Å². The van der Waals surface area contributed by atoms with Crippen LogP contribution in [0.2, 0.25) is 0 Å². The SMILES string of the molecule is CNc1cc(NCc2cc(C)on2)cc([N+](=O)[O-])c1. The van der Waals surface area contributed by atoms with Gasteiger partial charge in [0.25, 0.3) is 5.69 Å². The van der Waals surface area contributed by atoms with Gasteiger partial charge in [-0.3, -0.25) is 10.1 Å². The molecule has 0 saturated carbocycles. The summed E-state index contributed by atoms with van der Waals surface area (Å²) in [6, 6.07) is 6.56. The van der Waals surface area contributed by atoms with E-state index in [0.717, 1.165) is 11.5 Å². The molecule has 2 rings (SSSR count).